The third-order valence-corrected chi connectivity index (χ3v) is 2.01. The summed E-state index contributed by atoms with van der Waals surface area (Å²) in [4.78, 5) is 22.0. The minimum atomic E-state index is -1.08. The smallest absolute Gasteiger partial charge is 0.326 e. The topological polar surface area (TPSA) is 79.5 Å². The number of carbonyl (C=O) groups is 2. The molecule has 1 atom stereocenters. The molecule has 6 heteroatoms. The molecule has 0 fully saturated rings. The van der Waals surface area contributed by atoms with Gasteiger partial charge in [-0.25, -0.2) is 4.79 Å². The number of halogens is 1. The summed E-state index contributed by atoms with van der Waals surface area (Å²) < 4.78 is 4.83. The van der Waals surface area contributed by atoms with Crippen molar-refractivity contribution in [3.05, 3.63) is 23.1 Å². The molecule has 1 amide bonds. The first-order chi connectivity index (χ1) is 7.04. The van der Waals surface area contributed by atoms with Crippen LogP contribution in [0.3, 0.4) is 0 Å². The average Bonchev–Trinajstić information content (AvgIpc) is 2.60. The van der Waals surface area contributed by atoms with Gasteiger partial charge < -0.3 is 14.8 Å². The van der Waals surface area contributed by atoms with Gasteiger partial charge in [-0.3, -0.25) is 4.79 Å². The Morgan fingerprint density at radius 2 is 2.27 bits per heavy atom. The molecule has 0 aliphatic rings. The number of carboxylic acid groups (broad SMARTS) is 1. The molecule has 1 aromatic heterocycles. The van der Waals surface area contributed by atoms with Gasteiger partial charge in [0, 0.05) is 0 Å². The molecule has 0 saturated heterocycles. The first-order valence-electron chi connectivity index (χ1n) is 4.33. The van der Waals surface area contributed by atoms with Crippen molar-refractivity contribution in [2.75, 3.05) is 0 Å². The van der Waals surface area contributed by atoms with E-state index in [0.29, 0.717) is 6.42 Å². The molecule has 0 saturated carbocycles. The van der Waals surface area contributed by atoms with Gasteiger partial charge in [-0.15, -0.1) is 0 Å². The molecule has 1 heterocycles. The van der Waals surface area contributed by atoms with E-state index in [0.717, 1.165) is 0 Å². The van der Waals surface area contributed by atoms with Crippen LogP contribution >= 0.6 is 11.6 Å². The Hall–Kier alpha value is -1.49. The summed E-state index contributed by atoms with van der Waals surface area (Å²) in [6.45, 7) is 1.66. The Kier molecular flexibility index (Phi) is 3.74. The normalized spacial score (nSPS) is 12.1. The lowest BCUT2D eigenvalue weighted by Gasteiger charge is -2.10. The van der Waals surface area contributed by atoms with Crippen LogP contribution in [0.1, 0.15) is 23.9 Å². The van der Waals surface area contributed by atoms with E-state index in [1.807, 2.05) is 0 Å². The van der Waals surface area contributed by atoms with Crippen LogP contribution in [0.5, 0.6) is 0 Å². The van der Waals surface area contributed by atoms with E-state index in [2.05, 4.69) is 5.32 Å². The molecule has 0 aromatic carbocycles. The average molecular weight is 232 g/mol. The maximum absolute atomic E-state index is 11.4. The van der Waals surface area contributed by atoms with E-state index >= 15 is 0 Å². The Balaban J connectivity index is 2.66. The Bertz CT molecular complexity index is 374. The van der Waals surface area contributed by atoms with E-state index in [-0.39, 0.29) is 11.0 Å². The summed E-state index contributed by atoms with van der Waals surface area (Å²) in [5.74, 6) is -1.67. The highest BCUT2D eigenvalue weighted by Gasteiger charge is 2.20. The molecule has 0 radical (unpaired) electrons. The lowest BCUT2D eigenvalue weighted by Crippen LogP contribution is -2.40. The lowest BCUT2D eigenvalue weighted by atomic mass is 10.2. The molecule has 0 bridgehead atoms. The van der Waals surface area contributed by atoms with Crippen LogP contribution in [0.25, 0.3) is 0 Å². The standard InChI is InChI=1S/C9H10ClNO4/c1-2-5(9(13)14)11-8(12)6-3-4-7(10)15-6/h3-5H,2H2,1H3,(H,11,12)(H,13,14)/t5-/m1/s1. The van der Waals surface area contributed by atoms with Crippen molar-refractivity contribution < 1.29 is 19.1 Å². The number of carbonyl (C=O) groups excluding carboxylic acids is 1. The number of nitrogens with one attached hydrogen (secondary N) is 1. The highest BCUT2D eigenvalue weighted by atomic mass is 35.5. The van der Waals surface area contributed by atoms with E-state index in [1.54, 1.807) is 6.92 Å². The first-order valence-corrected chi connectivity index (χ1v) is 4.71. The van der Waals surface area contributed by atoms with E-state index in [4.69, 9.17) is 21.1 Å². The van der Waals surface area contributed by atoms with Gasteiger partial charge in [0.15, 0.2) is 11.0 Å². The Morgan fingerprint density at radius 1 is 1.60 bits per heavy atom. The molecule has 15 heavy (non-hydrogen) atoms. The fourth-order valence-electron chi connectivity index (χ4n) is 1.00. The van der Waals surface area contributed by atoms with Gasteiger partial charge in [0.2, 0.25) is 0 Å². The van der Waals surface area contributed by atoms with E-state index in [1.165, 1.54) is 12.1 Å². The number of rotatable bonds is 4. The SMILES string of the molecule is CC[C@@H](NC(=O)c1ccc(Cl)o1)C(=O)O. The van der Waals surface area contributed by atoms with Gasteiger partial charge in [0.25, 0.3) is 5.91 Å². The van der Waals surface area contributed by atoms with Crippen LogP contribution < -0.4 is 5.32 Å². The summed E-state index contributed by atoms with van der Waals surface area (Å²) in [6.07, 6.45) is 0.301. The quantitative estimate of drug-likeness (QED) is 0.824. The molecule has 0 aliphatic heterocycles. The molecule has 82 valence electrons. The van der Waals surface area contributed by atoms with Crippen molar-refractivity contribution in [2.24, 2.45) is 0 Å². The summed E-state index contributed by atoms with van der Waals surface area (Å²) in [5, 5.41) is 11.1. The molecular formula is C9H10ClNO4. The highest BCUT2D eigenvalue weighted by Crippen LogP contribution is 2.13. The molecule has 1 aromatic rings. The predicted molar refractivity (Wildman–Crippen MR) is 52.9 cm³/mol. The fraction of sp³-hybridized carbons (Fsp3) is 0.333. The van der Waals surface area contributed by atoms with Crippen LogP contribution in [-0.4, -0.2) is 23.0 Å². The van der Waals surface area contributed by atoms with Gasteiger partial charge in [-0.1, -0.05) is 6.92 Å². The van der Waals surface area contributed by atoms with E-state index in [9.17, 15) is 9.59 Å². The third kappa shape index (κ3) is 2.99. The minimum Gasteiger partial charge on any atom is -0.480 e. The largest absolute Gasteiger partial charge is 0.480 e. The molecule has 1 rings (SSSR count). The van der Waals surface area contributed by atoms with Crippen molar-refractivity contribution in [3.8, 4) is 0 Å². The summed E-state index contributed by atoms with van der Waals surface area (Å²) in [5.41, 5.74) is 0. The van der Waals surface area contributed by atoms with Crippen LogP contribution in [0.15, 0.2) is 16.5 Å². The van der Waals surface area contributed by atoms with Crippen LogP contribution in [0.4, 0.5) is 0 Å². The van der Waals surface area contributed by atoms with Crippen molar-refractivity contribution in [2.45, 2.75) is 19.4 Å². The Labute approximate surface area is 91.0 Å². The summed E-state index contributed by atoms with van der Waals surface area (Å²) in [7, 11) is 0. The molecule has 0 unspecified atom stereocenters. The van der Waals surface area contributed by atoms with Crippen molar-refractivity contribution >= 4 is 23.5 Å². The van der Waals surface area contributed by atoms with Gasteiger partial charge in [0.05, 0.1) is 0 Å². The zero-order chi connectivity index (χ0) is 11.4. The van der Waals surface area contributed by atoms with Crippen LogP contribution in [0.2, 0.25) is 5.22 Å². The number of hydrogen-bond donors (Lipinski definition) is 2. The number of hydrogen-bond acceptors (Lipinski definition) is 3. The maximum atomic E-state index is 11.4. The van der Waals surface area contributed by atoms with Gasteiger partial charge in [0.1, 0.15) is 6.04 Å². The zero-order valence-corrected chi connectivity index (χ0v) is 8.75. The van der Waals surface area contributed by atoms with Gasteiger partial charge in [-0.2, -0.15) is 0 Å². The Morgan fingerprint density at radius 3 is 2.67 bits per heavy atom. The van der Waals surface area contributed by atoms with Crippen molar-refractivity contribution in [1.82, 2.24) is 5.32 Å². The number of carboxylic acids is 1. The van der Waals surface area contributed by atoms with Crippen molar-refractivity contribution in [3.63, 3.8) is 0 Å². The number of amides is 1. The molecule has 2 N–H and O–H groups in total. The third-order valence-electron chi connectivity index (χ3n) is 1.81. The lowest BCUT2D eigenvalue weighted by molar-refractivity contribution is -0.139. The minimum absolute atomic E-state index is 0.000278. The summed E-state index contributed by atoms with van der Waals surface area (Å²) in [6, 6.07) is 1.88. The monoisotopic (exact) mass is 231 g/mol. The fourth-order valence-corrected chi connectivity index (χ4v) is 1.15. The van der Waals surface area contributed by atoms with E-state index < -0.39 is 17.9 Å². The second-order valence-electron chi connectivity index (χ2n) is 2.88. The van der Waals surface area contributed by atoms with Gasteiger partial charge >= 0.3 is 5.97 Å². The second-order valence-corrected chi connectivity index (χ2v) is 3.25. The molecule has 0 spiro atoms. The number of aliphatic carboxylic acids is 1. The maximum Gasteiger partial charge on any atom is 0.326 e. The highest BCUT2D eigenvalue weighted by molar-refractivity contribution is 6.29. The molecule has 0 aliphatic carbocycles. The number of furan rings is 1. The van der Waals surface area contributed by atoms with Crippen LogP contribution in [0, 0.1) is 0 Å². The van der Waals surface area contributed by atoms with Gasteiger partial charge in [-0.05, 0) is 30.2 Å². The summed E-state index contributed by atoms with van der Waals surface area (Å²) >= 11 is 5.47. The van der Waals surface area contributed by atoms with Crippen LogP contribution in [-0.2, 0) is 4.79 Å². The first kappa shape index (κ1) is 11.6. The second kappa shape index (κ2) is 4.84. The zero-order valence-electron chi connectivity index (χ0n) is 7.99. The molecular weight excluding hydrogens is 222 g/mol. The molecule has 5 nitrogen and oxygen atoms in total. The van der Waals surface area contributed by atoms with Crippen molar-refractivity contribution in [1.29, 1.82) is 0 Å². The predicted octanol–water partition coefficient (Wildman–Crippen LogP) is 1.53.